The minimum atomic E-state index is -0.559. The van der Waals surface area contributed by atoms with E-state index >= 15 is 0 Å². The summed E-state index contributed by atoms with van der Waals surface area (Å²) >= 11 is 0. The van der Waals surface area contributed by atoms with Gasteiger partial charge < -0.3 is 9.47 Å². The summed E-state index contributed by atoms with van der Waals surface area (Å²) in [6.07, 6.45) is 7.42. The summed E-state index contributed by atoms with van der Waals surface area (Å²) in [5.74, 6) is 0.403. The Morgan fingerprint density at radius 3 is 2.17 bits per heavy atom. The first-order valence-electron chi connectivity index (χ1n) is 10.8. The lowest BCUT2D eigenvalue weighted by molar-refractivity contribution is -0.148. The number of hydrogen-bond donors (Lipinski definition) is 0. The lowest BCUT2D eigenvalue weighted by atomic mass is 9.73. The SMILES string of the molecule is C=CC1(OC(=O)c2ccc(OC(=O)C(C)(CC(C)C)C(C)C)cc2)CCCCC1. The number of hydrogen-bond acceptors (Lipinski definition) is 4. The summed E-state index contributed by atoms with van der Waals surface area (Å²) in [5.41, 5.74) is -0.662. The smallest absolute Gasteiger partial charge is 0.338 e. The molecule has 0 spiro atoms. The Balaban J connectivity index is 2.06. The van der Waals surface area contributed by atoms with E-state index in [0.29, 0.717) is 17.2 Å². The summed E-state index contributed by atoms with van der Waals surface area (Å²) in [6, 6.07) is 6.62. The van der Waals surface area contributed by atoms with E-state index in [1.165, 1.54) is 6.42 Å². The molecule has 1 unspecified atom stereocenters. The highest BCUT2D eigenvalue weighted by molar-refractivity contribution is 5.90. The summed E-state index contributed by atoms with van der Waals surface area (Å²) in [7, 11) is 0. The van der Waals surface area contributed by atoms with E-state index in [-0.39, 0.29) is 17.9 Å². The van der Waals surface area contributed by atoms with Gasteiger partial charge in [-0.3, -0.25) is 4.79 Å². The first-order chi connectivity index (χ1) is 13.6. The summed E-state index contributed by atoms with van der Waals surface area (Å²) in [4.78, 5) is 25.5. The molecule has 2 rings (SSSR count). The molecule has 160 valence electrons. The lowest BCUT2D eigenvalue weighted by Gasteiger charge is -2.34. The summed E-state index contributed by atoms with van der Waals surface area (Å²) in [6.45, 7) is 14.1. The van der Waals surface area contributed by atoms with Crippen LogP contribution in [0, 0.1) is 17.3 Å². The number of ether oxygens (including phenoxy) is 2. The van der Waals surface area contributed by atoms with Gasteiger partial charge in [-0.1, -0.05) is 40.7 Å². The van der Waals surface area contributed by atoms with Crippen molar-refractivity contribution in [2.75, 3.05) is 0 Å². The molecule has 0 N–H and O–H groups in total. The van der Waals surface area contributed by atoms with Crippen LogP contribution in [0.5, 0.6) is 5.75 Å². The highest BCUT2D eigenvalue weighted by Crippen LogP contribution is 2.36. The second-order valence-corrected chi connectivity index (χ2v) is 9.30. The van der Waals surface area contributed by atoms with E-state index in [1.807, 2.05) is 20.8 Å². The molecular weight excluding hydrogens is 364 g/mol. The molecule has 1 atom stereocenters. The zero-order valence-electron chi connectivity index (χ0n) is 18.6. The minimum Gasteiger partial charge on any atom is -0.451 e. The van der Waals surface area contributed by atoms with Gasteiger partial charge >= 0.3 is 11.9 Å². The zero-order chi connectivity index (χ0) is 21.7. The number of rotatable bonds is 8. The lowest BCUT2D eigenvalue weighted by Crippen LogP contribution is -2.38. The Morgan fingerprint density at radius 1 is 1.10 bits per heavy atom. The fourth-order valence-electron chi connectivity index (χ4n) is 4.03. The van der Waals surface area contributed by atoms with Crippen molar-refractivity contribution in [3.05, 3.63) is 42.5 Å². The van der Waals surface area contributed by atoms with E-state index in [9.17, 15) is 9.59 Å². The van der Waals surface area contributed by atoms with Crippen molar-refractivity contribution in [1.29, 1.82) is 0 Å². The molecule has 29 heavy (non-hydrogen) atoms. The zero-order valence-corrected chi connectivity index (χ0v) is 18.6. The van der Waals surface area contributed by atoms with Crippen LogP contribution in [0.1, 0.15) is 83.5 Å². The van der Waals surface area contributed by atoms with E-state index in [0.717, 1.165) is 32.1 Å². The Kier molecular flexibility index (Phi) is 7.67. The maximum Gasteiger partial charge on any atom is 0.338 e. The van der Waals surface area contributed by atoms with Crippen molar-refractivity contribution >= 4 is 11.9 Å². The van der Waals surface area contributed by atoms with Gasteiger partial charge in [-0.15, -0.1) is 0 Å². The Hall–Kier alpha value is -2.10. The molecule has 4 heteroatoms. The van der Waals surface area contributed by atoms with Crippen LogP contribution in [0.15, 0.2) is 36.9 Å². The van der Waals surface area contributed by atoms with Gasteiger partial charge in [0.05, 0.1) is 11.0 Å². The van der Waals surface area contributed by atoms with Gasteiger partial charge in [-0.25, -0.2) is 4.79 Å². The second-order valence-electron chi connectivity index (χ2n) is 9.30. The van der Waals surface area contributed by atoms with Crippen LogP contribution in [0.25, 0.3) is 0 Å². The Bertz CT molecular complexity index is 711. The molecule has 0 aliphatic heterocycles. The third-order valence-electron chi connectivity index (χ3n) is 6.24. The molecule has 1 aromatic carbocycles. The predicted octanol–water partition coefficient (Wildman–Crippen LogP) is 6.35. The molecule has 0 saturated heterocycles. The quantitative estimate of drug-likeness (QED) is 0.290. The van der Waals surface area contributed by atoms with Gasteiger partial charge in [-0.05, 0) is 81.2 Å². The standard InChI is InChI=1S/C25H36O4/c1-7-25(15-9-8-10-16-25)29-22(26)20-11-13-21(14-12-20)28-23(27)24(6,19(4)5)17-18(2)3/h7,11-14,18-19H,1,8-10,15-17H2,2-6H3. The van der Waals surface area contributed by atoms with Crippen LogP contribution in [0.4, 0.5) is 0 Å². The fraction of sp³-hybridized carbons (Fsp3) is 0.600. The van der Waals surface area contributed by atoms with Crippen molar-refractivity contribution in [2.24, 2.45) is 17.3 Å². The molecular formula is C25H36O4. The second kappa shape index (κ2) is 9.60. The number of benzene rings is 1. The minimum absolute atomic E-state index is 0.164. The van der Waals surface area contributed by atoms with Gasteiger partial charge in [0.2, 0.25) is 0 Å². The van der Waals surface area contributed by atoms with Crippen molar-refractivity contribution in [3.8, 4) is 5.75 Å². The number of esters is 2. The first kappa shape index (κ1) is 23.2. The highest BCUT2D eigenvalue weighted by atomic mass is 16.6. The van der Waals surface area contributed by atoms with E-state index in [1.54, 1.807) is 30.3 Å². The monoisotopic (exact) mass is 400 g/mol. The average molecular weight is 401 g/mol. The summed E-state index contributed by atoms with van der Waals surface area (Å²) in [5, 5.41) is 0. The molecule has 0 radical (unpaired) electrons. The van der Waals surface area contributed by atoms with Gasteiger partial charge in [0.25, 0.3) is 0 Å². The molecule has 0 aromatic heterocycles. The maximum absolute atomic E-state index is 12.8. The molecule has 0 heterocycles. The Morgan fingerprint density at radius 2 is 1.69 bits per heavy atom. The molecule has 1 fully saturated rings. The van der Waals surface area contributed by atoms with Gasteiger partial charge in [0.15, 0.2) is 0 Å². The molecule has 1 aliphatic carbocycles. The van der Waals surface area contributed by atoms with Gasteiger partial charge in [0.1, 0.15) is 11.4 Å². The van der Waals surface area contributed by atoms with Crippen molar-refractivity contribution in [3.63, 3.8) is 0 Å². The fourth-order valence-corrected chi connectivity index (χ4v) is 4.03. The Labute approximate surface area is 175 Å². The predicted molar refractivity (Wildman–Crippen MR) is 116 cm³/mol. The third kappa shape index (κ3) is 5.71. The van der Waals surface area contributed by atoms with E-state index in [2.05, 4.69) is 20.4 Å². The average Bonchev–Trinajstić information content (AvgIpc) is 2.68. The molecule has 4 nitrogen and oxygen atoms in total. The van der Waals surface area contributed by atoms with Crippen molar-refractivity contribution < 1.29 is 19.1 Å². The van der Waals surface area contributed by atoms with Crippen LogP contribution in [-0.2, 0) is 9.53 Å². The van der Waals surface area contributed by atoms with Crippen molar-refractivity contribution in [2.45, 2.75) is 78.7 Å². The van der Waals surface area contributed by atoms with Crippen LogP contribution >= 0.6 is 0 Å². The van der Waals surface area contributed by atoms with Crippen LogP contribution in [-0.4, -0.2) is 17.5 Å². The number of carbonyl (C=O) groups excluding carboxylic acids is 2. The molecule has 1 aromatic rings. The van der Waals surface area contributed by atoms with E-state index in [4.69, 9.17) is 9.47 Å². The molecule has 1 saturated carbocycles. The van der Waals surface area contributed by atoms with Gasteiger partial charge in [-0.2, -0.15) is 0 Å². The molecule has 0 bridgehead atoms. The maximum atomic E-state index is 12.8. The highest BCUT2D eigenvalue weighted by Gasteiger charge is 2.39. The van der Waals surface area contributed by atoms with Crippen molar-refractivity contribution in [1.82, 2.24) is 0 Å². The summed E-state index contributed by atoms with van der Waals surface area (Å²) < 4.78 is 11.5. The molecule has 1 aliphatic rings. The number of carbonyl (C=O) groups is 2. The van der Waals surface area contributed by atoms with Crippen LogP contribution < -0.4 is 4.74 Å². The van der Waals surface area contributed by atoms with Gasteiger partial charge in [0, 0.05) is 0 Å². The molecule has 0 amide bonds. The third-order valence-corrected chi connectivity index (χ3v) is 6.24. The van der Waals surface area contributed by atoms with Crippen LogP contribution in [0.2, 0.25) is 0 Å². The largest absolute Gasteiger partial charge is 0.451 e. The first-order valence-corrected chi connectivity index (χ1v) is 10.8. The normalized spacial score (nSPS) is 18.2. The topological polar surface area (TPSA) is 52.6 Å². The van der Waals surface area contributed by atoms with E-state index < -0.39 is 11.0 Å². The van der Waals surface area contributed by atoms with Crippen LogP contribution in [0.3, 0.4) is 0 Å².